The van der Waals surface area contributed by atoms with Gasteiger partial charge < -0.3 is 9.30 Å². The van der Waals surface area contributed by atoms with Crippen LogP contribution in [0.4, 0.5) is 5.69 Å². The van der Waals surface area contributed by atoms with E-state index in [1.807, 2.05) is 36.4 Å². The molecule has 1 saturated heterocycles. The molecule has 1 aliphatic heterocycles. The highest BCUT2D eigenvalue weighted by Crippen LogP contribution is 2.35. The number of carbonyl (C=O) groups is 1. The van der Waals surface area contributed by atoms with Gasteiger partial charge in [-0.2, -0.15) is 0 Å². The maximum atomic E-state index is 13.4. The molecule has 7 heteroatoms. The highest BCUT2D eigenvalue weighted by Gasteiger charge is 2.33. The summed E-state index contributed by atoms with van der Waals surface area (Å²) in [5, 5.41) is 0.705. The molecule has 0 aliphatic carbocycles. The number of carbonyl (C=O) groups excluding carboxylic acids is 1. The molecule has 0 radical (unpaired) electrons. The Labute approximate surface area is 213 Å². The second-order valence-electron chi connectivity index (χ2n) is 8.24. The Bertz CT molecular complexity index is 1260. The van der Waals surface area contributed by atoms with Crippen LogP contribution in [0.25, 0.3) is 11.8 Å². The molecule has 5 nitrogen and oxygen atoms in total. The monoisotopic (exact) mass is 537 g/mol. The highest BCUT2D eigenvalue weighted by atomic mass is 79.9. The number of rotatable bonds is 7. The summed E-state index contributed by atoms with van der Waals surface area (Å²) >= 11 is 5.01. The topological polar surface area (TPSA) is 46.8 Å². The number of thioether (sulfide) groups is 1. The maximum Gasteiger partial charge on any atom is 0.266 e. The molecule has 0 saturated carbocycles. The second-order valence-corrected chi connectivity index (χ2v) is 10.1. The number of ether oxygens (including phenoxy) is 1. The number of methoxy groups -OCH3 is 1. The van der Waals surface area contributed by atoms with Crippen LogP contribution in [-0.2, 0) is 9.53 Å². The summed E-state index contributed by atoms with van der Waals surface area (Å²) < 4.78 is 8.52. The molecule has 1 fully saturated rings. The summed E-state index contributed by atoms with van der Waals surface area (Å²) in [7, 11) is 1.67. The van der Waals surface area contributed by atoms with Crippen LogP contribution < -0.4 is 0 Å². The van der Waals surface area contributed by atoms with E-state index in [0.717, 1.165) is 39.2 Å². The maximum absolute atomic E-state index is 13.4. The summed E-state index contributed by atoms with van der Waals surface area (Å²) in [6, 6.07) is 18.2. The van der Waals surface area contributed by atoms with E-state index in [2.05, 4.69) is 65.5 Å². The smallest absolute Gasteiger partial charge is 0.266 e. The van der Waals surface area contributed by atoms with Crippen molar-refractivity contribution >= 4 is 50.5 Å². The third-order valence-corrected chi connectivity index (χ3v) is 7.65. The van der Waals surface area contributed by atoms with Crippen LogP contribution in [0.3, 0.4) is 0 Å². The zero-order valence-electron chi connectivity index (χ0n) is 19.8. The number of amides is 1. The Balaban J connectivity index is 1.69. The average Bonchev–Trinajstić information content (AvgIpc) is 3.26. The summed E-state index contributed by atoms with van der Waals surface area (Å²) in [5.41, 5.74) is 6.38. The van der Waals surface area contributed by atoms with Gasteiger partial charge in [-0.1, -0.05) is 34.1 Å². The number of halogens is 1. The Morgan fingerprint density at radius 3 is 2.56 bits per heavy atom. The van der Waals surface area contributed by atoms with Crippen molar-refractivity contribution in [2.75, 3.05) is 20.3 Å². The fourth-order valence-corrected chi connectivity index (χ4v) is 5.27. The van der Waals surface area contributed by atoms with E-state index in [4.69, 9.17) is 9.73 Å². The first-order chi connectivity index (χ1) is 16.4. The predicted octanol–water partition coefficient (Wildman–Crippen LogP) is 6.81. The molecule has 2 aromatic carbocycles. The van der Waals surface area contributed by atoms with Gasteiger partial charge in [0.15, 0.2) is 5.17 Å². The molecule has 1 amide bonds. The minimum absolute atomic E-state index is 0.0138. The molecule has 34 heavy (non-hydrogen) atoms. The van der Waals surface area contributed by atoms with Crippen molar-refractivity contribution in [3.05, 3.63) is 86.5 Å². The summed E-state index contributed by atoms with van der Waals surface area (Å²) in [6.45, 7) is 7.44. The molecule has 0 N–H and O–H groups in total. The number of nitrogens with zero attached hydrogens (tertiary/aromatic N) is 3. The van der Waals surface area contributed by atoms with E-state index >= 15 is 0 Å². The van der Waals surface area contributed by atoms with Crippen molar-refractivity contribution < 1.29 is 9.53 Å². The molecule has 4 rings (SSSR count). The number of benzene rings is 2. The average molecular weight is 539 g/mol. The fraction of sp³-hybridized carbons (Fsp3) is 0.259. The second kappa shape index (κ2) is 10.8. The van der Waals surface area contributed by atoms with Crippen LogP contribution in [0, 0.1) is 20.8 Å². The molecular weight excluding hydrogens is 510 g/mol. The van der Waals surface area contributed by atoms with Crippen LogP contribution in [-0.4, -0.2) is 40.8 Å². The van der Waals surface area contributed by atoms with Gasteiger partial charge in [0.1, 0.15) is 0 Å². The van der Waals surface area contributed by atoms with Gasteiger partial charge in [0.05, 0.1) is 10.6 Å². The van der Waals surface area contributed by atoms with Crippen LogP contribution in [0.15, 0.2) is 69.0 Å². The van der Waals surface area contributed by atoms with E-state index in [-0.39, 0.29) is 5.91 Å². The Hall–Kier alpha value is -2.61. The number of hydrogen-bond donors (Lipinski definition) is 0. The van der Waals surface area contributed by atoms with Crippen molar-refractivity contribution in [1.82, 2.24) is 9.47 Å². The van der Waals surface area contributed by atoms with Crippen molar-refractivity contribution in [2.24, 2.45) is 4.99 Å². The van der Waals surface area contributed by atoms with E-state index in [1.54, 1.807) is 12.0 Å². The minimum Gasteiger partial charge on any atom is -0.385 e. The van der Waals surface area contributed by atoms with Crippen LogP contribution >= 0.6 is 27.7 Å². The number of aliphatic imine (C=N–C) groups is 1. The SMILES string of the molecule is COCCCN1C(=O)/C(=C/c2cc(C)n(-c3ccc(Br)c(C)c3)c2C)SC1=Nc1ccccc1. The Morgan fingerprint density at radius 2 is 1.85 bits per heavy atom. The van der Waals surface area contributed by atoms with Crippen molar-refractivity contribution in [3.63, 3.8) is 0 Å². The van der Waals surface area contributed by atoms with E-state index in [1.165, 1.54) is 17.3 Å². The Morgan fingerprint density at radius 1 is 1.09 bits per heavy atom. The van der Waals surface area contributed by atoms with E-state index in [9.17, 15) is 4.79 Å². The largest absolute Gasteiger partial charge is 0.385 e. The van der Waals surface area contributed by atoms with Crippen molar-refractivity contribution in [1.29, 1.82) is 0 Å². The molecule has 3 aromatic rings. The van der Waals surface area contributed by atoms with E-state index < -0.39 is 0 Å². The quantitative estimate of drug-likeness (QED) is 0.245. The number of aromatic nitrogens is 1. The normalized spacial score (nSPS) is 16.3. The standard InChI is InChI=1S/C27H28BrN3O2S/c1-18-15-23(11-12-24(18)28)31-19(2)16-21(20(31)3)17-25-26(32)30(13-8-14-33-4)27(34-25)29-22-9-6-5-7-10-22/h5-7,9-12,15-17H,8,13-14H2,1-4H3/b25-17-,29-27?. The number of amidine groups is 1. The molecule has 0 spiro atoms. The van der Waals surface area contributed by atoms with Gasteiger partial charge in [-0.25, -0.2) is 4.99 Å². The van der Waals surface area contributed by atoms with Gasteiger partial charge >= 0.3 is 0 Å². The van der Waals surface area contributed by atoms with Crippen molar-refractivity contribution in [2.45, 2.75) is 27.2 Å². The van der Waals surface area contributed by atoms with E-state index in [0.29, 0.717) is 23.2 Å². The number of hydrogen-bond acceptors (Lipinski definition) is 4. The summed E-state index contributed by atoms with van der Waals surface area (Å²) in [5.74, 6) is -0.0138. The number of aryl methyl sites for hydroxylation is 2. The van der Waals surface area contributed by atoms with Crippen LogP contribution in [0.2, 0.25) is 0 Å². The van der Waals surface area contributed by atoms with Crippen LogP contribution in [0.1, 0.15) is 28.9 Å². The molecule has 176 valence electrons. The molecule has 0 bridgehead atoms. The van der Waals surface area contributed by atoms with Gasteiger partial charge in [0.25, 0.3) is 5.91 Å². The number of para-hydroxylation sites is 1. The van der Waals surface area contributed by atoms with Gasteiger partial charge in [-0.15, -0.1) is 0 Å². The minimum atomic E-state index is -0.0138. The predicted molar refractivity (Wildman–Crippen MR) is 145 cm³/mol. The molecule has 1 aliphatic rings. The third kappa shape index (κ3) is 5.22. The highest BCUT2D eigenvalue weighted by molar-refractivity contribution is 9.10. The van der Waals surface area contributed by atoms with Gasteiger partial charge in [0, 0.05) is 41.8 Å². The van der Waals surface area contributed by atoms with Crippen LogP contribution in [0.5, 0.6) is 0 Å². The fourth-order valence-electron chi connectivity index (χ4n) is 4.01. The van der Waals surface area contributed by atoms with Gasteiger partial charge in [-0.05, 0) is 92.6 Å². The summed E-state index contributed by atoms with van der Waals surface area (Å²) in [4.78, 5) is 20.6. The summed E-state index contributed by atoms with van der Waals surface area (Å²) in [6.07, 6.45) is 2.75. The lowest BCUT2D eigenvalue weighted by molar-refractivity contribution is -0.122. The zero-order chi connectivity index (χ0) is 24.2. The van der Waals surface area contributed by atoms with Crippen molar-refractivity contribution in [3.8, 4) is 5.69 Å². The first-order valence-corrected chi connectivity index (χ1v) is 12.8. The Kier molecular flexibility index (Phi) is 7.76. The molecule has 1 aromatic heterocycles. The molecule has 2 heterocycles. The molecule has 0 atom stereocenters. The van der Waals surface area contributed by atoms with Gasteiger partial charge in [-0.3, -0.25) is 9.69 Å². The molecular formula is C27H28BrN3O2S. The van der Waals surface area contributed by atoms with Gasteiger partial charge in [0.2, 0.25) is 0 Å². The zero-order valence-corrected chi connectivity index (χ0v) is 22.2. The molecule has 0 unspecified atom stereocenters. The lowest BCUT2D eigenvalue weighted by atomic mass is 10.2. The first-order valence-electron chi connectivity index (χ1n) is 11.2. The lowest BCUT2D eigenvalue weighted by Crippen LogP contribution is -2.30. The lowest BCUT2D eigenvalue weighted by Gasteiger charge is -2.15. The third-order valence-electron chi connectivity index (χ3n) is 5.76. The first kappa shape index (κ1) is 24.5.